The topological polar surface area (TPSA) is 52.6 Å². The molecule has 0 spiro atoms. The second-order valence-corrected chi connectivity index (χ2v) is 6.71. The van der Waals surface area contributed by atoms with Gasteiger partial charge in [-0.25, -0.2) is 0 Å². The highest BCUT2D eigenvalue weighted by Crippen LogP contribution is 2.36. The summed E-state index contributed by atoms with van der Waals surface area (Å²) in [5.74, 6) is 0.806. The summed E-state index contributed by atoms with van der Waals surface area (Å²) in [6, 6.07) is 0.445. The molecule has 2 aliphatic rings. The van der Waals surface area contributed by atoms with Crippen molar-refractivity contribution in [1.82, 2.24) is 10.2 Å². The summed E-state index contributed by atoms with van der Waals surface area (Å²) in [6.45, 7) is 9.61. The molecular formula is C15H28N2O2. The van der Waals surface area contributed by atoms with Crippen molar-refractivity contribution >= 4 is 5.97 Å². The molecular weight excluding hydrogens is 240 g/mol. The largest absolute Gasteiger partial charge is 0.480 e. The van der Waals surface area contributed by atoms with E-state index in [2.05, 4.69) is 24.1 Å². The van der Waals surface area contributed by atoms with Crippen LogP contribution >= 0.6 is 0 Å². The number of carboxylic acid groups (broad SMARTS) is 1. The van der Waals surface area contributed by atoms with Gasteiger partial charge in [-0.3, -0.25) is 9.69 Å². The number of nitrogens with zero attached hydrogens (tertiary/aromatic N) is 1. The van der Waals surface area contributed by atoms with Crippen LogP contribution in [0, 0.1) is 11.8 Å². The van der Waals surface area contributed by atoms with Crippen LogP contribution in [0.5, 0.6) is 0 Å². The predicted molar refractivity (Wildman–Crippen MR) is 76.2 cm³/mol. The first-order chi connectivity index (χ1) is 8.97. The monoisotopic (exact) mass is 268 g/mol. The Morgan fingerprint density at radius 2 is 2.00 bits per heavy atom. The molecule has 1 aliphatic heterocycles. The molecule has 4 atom stereocenters. The number of carbonyl (C=O) groups is 1. The van der Waals surface area contributed by atoms with Crippen LogP contribution in [0.25, 0.3) is 0 Å². The van der Waals surface area contributed by atoms with Crippen molar-refractivity contribution in [3.8, 4) is 0 Å². The smallest absolute Gasteiger partial charge is 0.323 e. The number of hydrogen-bond donors (Lipinski definition) is 2. The molecule has 4 unspecified atom stereocenters. The van der Waals surface area contributed by atoms with Gasteiger partial charge in [0.1, 0.15) is 5.54 Å². The van der Waals surface area contributed by atoms with Gasteiger partial charge in [0.15, 0.2) is 0 Å². The molecule has 0 bridgehead atoms. The highest BCUT2D eigenvalue weighted by molar-refractivity contribution is 5.79. The Labute approximate surface area is 116 Å². The first kappa shape index (κ1) is 14.8. The fourth-order valence-corrected chi connectivity index (χ4v) is 4.11. The zero-order valence-corrected chi connectivity index (χ0v) is 12.5. The SMILES string of the molecule is CCNC1(C(=O)O)CCC(N2CC(C)CC(C)C2)C1. The third kappa shape index (κ3) is 3.11. The van der Waals surface area contributed by atoms with Crippen LogP contribution in [0.4, 0.5) is 0 Å². The number of likely N-dealkylation sites (N-methyl/N-ethyl adjacent to an activating group) is 1. The van der Waals surface area contributed by atoms with Gasteiger partial charge in [0.2, 0.25) is 0 Å². The summed E-state index contributed by atoms with van der Waals surface area (Å²) in [5.41, 5.74) is -0.677. The van der Waals surface area contributed by atoms with Gasteiger partial charge in [0.05, 0.1) is 0 Å². The maximum absolute atomic E-state index is 11.6. The normalized spacial score (nSPS) is 40.5. The van der Waals surface area contributed by atoms with Crippen molar-refractivity contribution < 1.29 is 9.90 Å². The molecule has 0 aromatic carbocycles. The van der Waals surface area contributed by atoms with Crippen LogP contribution in [-0.4, -0.2) is 47.2 Å². The third-order valence-corrected chi connectivity index (χ3v) is 4.83. The summed E-state index contributed by atoms with van der Waals surface area (Å²) in [7, 11) is 0. The van der Waals surface area contributed by atoms with Gasteiger partial charge in [0.25, 0.3) is 0 Å². The van der Waals surface area contributed by atoms with Gasteiger partial charge in [-0.05, 0) is 44.1 Å². The molecule has 0 aromatic rings. The molecule has 0 aromatic heterocycles. The van der Waals surface area contributed by atoms with Crippen LogP contribution in [0.15, 0.2) is 0 Å². The van der Waals surface area contributed by atoms with Gasteiger partial charge in [0, 0.05) is 19.1 Å². The Morgan fingerprint density at radius 3 is 2.53 bits per heavy atom. The van der Waals surface area contributed by atoms with Gasteiger partial charge in [-0.2, -0.15) is 0 Å². The van der Waals surface area contributed by atoms with Gasteiger partial charge < -0.3 is 10.4 Å². The molecule has 0 radical (unpaired) electrons. The van der Waals surface area contributed by atoms with E-state index < -0.39 is 11.5 Å². The van der Waals surface area contributed by atoms with Crippen LogP contribution in [0.3, 0.4) is 0 Å². The predicted octanol–water partition coefficient (Wildman–Crippen LogP) is 1.95. The summed E-state index contributed by atoms with van der Waals surface area (Å²) < 4.78 is 0. The summed E-state index contributed by atoms with van der Waals surface area (Å²) in [6.07, 6.45) is 3.84. The molecule has 1 saturated heterocycles. The van der Waals surface area contributed by atoms with Crippen molar-refractivity contribution in [3.63, 3.8) is 0 Å². The van der Waals surface area contributed by atoms with Crippen LogP contribution in [0.2, 0.25) is 0 Å². The molecule has 1 heterocycles. The minimum Gasteiger partial charge on any atom is -0.480 e. The van der Waals surface area contributed by atoms with E-state index in [0.717, 1.165) is 50.7 Å². The fourth-order valence-electron chi connectivity index (χ4n) is 4.11. The number of aliphatic carboxylic acids is 1. The summed E-state index contributed by atoms with van der Waals surface area (Å²) >= 11 is 0. The van der Waals surface area contributed by atoms with E-state index in [1.54, 1.807) is 0 Å². The summed E-state index contributed by atoms with van der Waals surface area (Å²) in [5, 5.41) is 12.8. The minimum absolute atomic E-state index is 0.445. The Bertz CT molecular complexity index is 324. The molecule has 4 nitrogen and oxygen atoms in total. The van der Waals surface area contributed by atoms with Crippen molar-refractivity contribution in [2.75, 3.05) is 19.6 Å². The molecule has 2 N–H and O–H groups in total. The average Bonchev–Trinajstić information content (AvgIpc) is 2.74. The maximum Gasteiger partial charge on any atom is 0.323 e. The zero-order valence-electron chi connectivity index (χ0n) is 12.5. The summed E-state index contributed by atoms with van der Waals surface area (Å²) in [4.78, 5) is 14.1. The Hall–Kier alpha value is -0.610. The third-order valence-electron chi connectivity index (χ3n) is 4.83. The maximum atomic E-state index is 11.6. The molecule has 1 aliphatic carbocycles. The van der Waals surface area contributed by atoms with Crippen molar-refractivity contribution in [2.45, 2.75) is 58.0 Å². The molecule has 4 heteroatoms. The first-order valence-corrected chi connectivity index (χ1v) is 7.69. The van der Waals surface area contributed by atoms with E-state index in [4.69, 9.17) is 0 Å². The van der Waals surface area contributed by atoms with Crippen LogP contribution in [-0.2, 0) is 4.79 Å². The Balaban J connectivity index is 2.02. The number of carboxylic acids is 1. The molecule has 1 saturated carbocycles. The second-order valence-electron chi connectivity index (χ2n) is 6.71. The molecule has 0 amide bonds. The Kier molecular flexibility index (Phi) is 4.51. The van der Waals surface area contributed by atoms with E-state index in [-0.39, 0.29) is 0 Å². The van der Waals surface area contributed by atoms with E-state index in [0.29, 0.717) is 6.04 Å². The number of rotatable bonds is 4. The Morgan fingerprint density at radius 1 is 1.37 bits per heavy atom. The van der Waals surface area contributed by atoms with E-state index in [1.165, 1.54) is 6.42 Å². The fraction of sp³-hybridized carbons (Fsp3) is 0.933. The van der Waals surface area contributed by atoms with Crippen molar-refractivity contribution in [1.29, 1.82) is 0 Å². The lowest BCUT2D eigenvalue weighted by Crippen LogP contribution is -2.52. The van der Waals surface area contributed by atoms with Gasteiger partial charge in [-0.15, -0.1) is 0 Å². The lowest BCUT2D eigenvalue weighted by atomic mass is 9.90. The second kappa shape index (κ2) is 5.80. The van der Waals surface area contributed by atoms with Gasteiger partial charge >= 0.3 is 5.97 Å². The van der Waals surface area contributed by atoms with Gasteiger partial charge in [-0.1, -0.05) is 20.8 Å². The molecule has 110 valence electrons. The number of piperidine rings is 1. The zero-order chi connectivity index (χ0) is 14.0. The molecule has 2 fully saturated rings. The number of nitrogens with one attached hydrogen (secondary N) is 1. The van der Waals surface area contributed by atoms with E-state index >= 15 is 0 Å². The van der Waals surface area contributed by atoms with Crippen molar-refractivity contribution in [3.05, 3.63) is 0 Å². The molecule has 2 rings (SSSR count). The average molecular weight is 268 g/mol. The highest BCUT2D eigenvalue weighted by Gasteiger charge is 2.47. The van der Waals surface area contributed by atoms with Crippen LogP contribution < -0.4 is 5.32 Å². The quantitative estimate of drug-likeness (QED) is 0.818. The van der Waals surface area contributed by atoms with E-state index in [9.17, 15) is 9.90 Å². The van der Waals surface area contributed by atoms with Crippen molar-refractivity contribution in [2.24, 2.45) is 11.8 Å². The standard InChI is InChI=1S/C15H28N2O2/c1-4-16-15(14(18)19)6-5-13(8-15)17-9-11(2)7-12(3)10-17/h11-13,16H,4-10H2,1-3H3,(H,18,19). The minimum atomic E-state index is -0.677. The molecule has 19 heavy (non-hydrogen) atoms. The lowest BCUT2D eigenvalue weighted by Gasteiger charge is -2.39. The lowest BCUT2D eigenvalue weighted by molar-refractivity contribution is -0.144. The first-order valence-electron chi connectivity index (χ1n) is 7.69. The number of likely N-dealkylation sites (tertiary alicyclic amines) is 1. The van der Waals surface area contributed by atoms with Crippen LogP contribution in [0.1, 0.15) is 46.5 Å². The van der Waals surface area contributed by atoms with E-state index in [1.807, 2.05) is 6.92 Å². The number of hydrogen-bond acceptors (Lipinski definition) is 3. The highest BCUT2D eigenvalue weighted by atomic mass is 16.4.